The molecule has 0 aliphatic heterocycles. The highest BCUT2D eigenvalue weighted by Gasteiger charge is 2.19. The number of non-ortho nitro benzene ring substituents is 1. The Hall–Kier alpha value is -3.91. The number of nitrogens with zero attached hydrogens (tertiary/aromatic N) is 4. The fourth-order valence-corrected chi connectivity index (χ4v) is 4.38. The summed E-state index contributed by atoms with van der Waals surface area (Å²) in [5.41, 5.74) is 4.70. The van der Waals surface area contributed by atoms with Gasteiger partial charge in [0.2, 0.25) is 0 Å². The normalized spacial score (nSPS) is 11.2. The summed E-state index contributed by atoms with van der Waals surface area (Å²) in [6.07, 6.45) is 6.52. The van der Waals surface area contributed by atoms with Crippen molar-refractivity contribution in [1.82, 2.24) is 9.97 Å². The molecule has 0 radical (unpaired) electrons. The number of aryl methyl sites for hydroxylation is 2. The SMILES string of the molecule is Cc1cc(C)c2sc(N(Cc3cccnc3)C(=O)/C=C\c3ccc([N+](=O)[O-])cc3)nc2c1. The van der Waals surface area contributed by atoms with Gasteiger partial charge in [0.05, 0.1) is 21.7 Å². The lowest BCUT2D eigenvalue weighted by Crippen LogP contribution is -2.28. The molecule has 0 fully saturated rings. The molecule has 0 bridgehead atoms. The van der Waals surface area contributed by atoms with Gasteiger partial charge in [-0.3, -0.25) is 24.8 Å². The highest BCUT2D eigenvalue weighted by Crippen LogP contribution is 2.33. The Labute approximate surface area is 188 Å². The number of pyridine rings is 1. The lowest BCUT2D eigenvalue weighted by atomic mass is 10.1. The minimum atomic E-state index is -0.453. The number of benzene rings is 2. The Bertz CT molecular complexity index is 1310. The number of nitro benzene ring substituents is 1. The lowest BCUT2D eigenvalue weighted by Gasteiger charge is -2.18. The monoisotopic (exact) mass is 444 g/mol. The van der Waals surface area contributed by atoms with Crippen molar-refractivity contribution >= 4 is 44.4 Å². The van der Waals surface area contributed by atoms with E-state index >= 15 is 0 Å². The largest absolute Gasteiger partial charge is 0.280 e. The molecule has 2 heterocycles. The van der Waals surface area contributed by atoms with Crippen molar-refractivity contribution in [1.29, 1.82) is 0 Å². The highest BCUT2D eigenvalue weighted by atomic mass is 32.1. The van der Waals surface area contributed by atoms with Gasteiger partial charge in [-0.05, 0) is 66.4 Å². The summed E-state index contributed by atoms with van der Waals surface area (Å²) in [4.78, 5) is 34.1. The van der Waals surface area contributed by atoms with Crippen LogP contribution in [-0.2, 0) is 11.3 Å². The summed E-state index contributed by atoms with van der Waals surface area (Å²) >= 11 is 1.48. The van der Waals surface area contributed by atoms with Crippen LogP contribution in [0.25, 0.3) is 16.3 Å². The van der Waals surface area contributed by atoms with Crippen LogP contribution in [0.2, 0.25) is 0 Å². The third kappa shape index (κ3) is 4.70. The molecule has 0 aliphatic carbocycles. The van der Waals surface area contributed by atoms with E-state index in [9.17, 15) is 14.9 Å². The van der Waals surface area contributed by atoms with Crippen molar-refractivity contribution in [2.45, 2.75) is 20.4 Å². The molecular weight excluding hydrogens is 424 g/mol. The minimum Gasteiger partial charge on any atom is -0.280 e. The van der Waals surface area contributed by atoms with Crippen molar-refractivity contribution in [3.8, 4) is 0 Å². The molecule has 160 valence electrons. The number of nitro groups is 1. The summed E-state index contributed by atoms with van der Waals surface area (Å²) in [5, 5.41) is 11.4. The van der Waals surface area contributed by atoms with Gasteiger partial charge in [-0.15, -0.1) is 0 Å². The van der Waals surface area contributed by atoms with Gasteiger partial charge in [0, 0.05) is 30.6 Å². The van der Waals surface area contributed by atoms with Gasteiger partial charge >= 0.3 is 0 Å². The number of thiazole rings is 1. The topological polar surface area (TPSA) is 89.2 Å². The molecule has 4 rings (SSSR count). The second-order valence-electron chi connectivity index (χ2n) is 7.39. The number of amides is 1. The van der Waals surface area contributed by atoms with Crippen LogP contribution in [0.1, 0.15) is 22.3 Å². The van der Waals surface area contributed by atoms with E-state index in [-0.39, 0.29) is 11.6 Å². The molecule has 0 N–H and O–H groups in total. The molecule has 0 saturated heterocycles. The molecule has 2 aromatic heterocycles. The fourth-order valence-electron chi connectivity index (χ4n) is 3.36. The van der Waals surface area contributed by atoms with E-state index in [0.717, 1.165) is 26.9 Å². The number of carbonyl (C=O) groups is 1. The molecule has 1 amide bonds. The molecule has 8 heteroatoms. The summed E-state index contributed by atoms with van der Waals surface area (Å²) in [5.74, 6) is -0.236. The molecule has 7 nitrogen and oxygen atoms in total. The molecular formula is C24H20N4O3S. The third-order valence-corrected chi connectivity index (χ3v) is 6.12. The summed E-state index contributed by atoms with van der Waals surface area (Å²) < 4.78 is 1.05. The smallest absolute Gasteiger partial charge is 0.269 e. The van der Waals surface area contributed by atoms with E-state index in [2.05, 4.69) is 11.1 Å². The fraction of sp³-hybridized carbons (Fsp3) is 0.125. The van der Waals surface area contributed by atoms with Crippen molar-refractivity contribution in [2.24, 2.45) is 0 Å². The van der Waals surface area contributed by atoms with Crippen LogP contribution in [-0.4, -0.2) is 20.8 Å². The minimum absolute atomic E-state index is 0.00631. The number of rotatable bonds is 6. The van der Waals surface area contributed by atoms with E-state index in [1.54, 1.807) is 35.5 Å². The molecule has 2 aromatic carbocycles. The first-order chi connectivity index (χ1) is 15.4. The van der Waals surface area contributed by atoms with Gasteiger partial charge in [0.25, 0.3) is 11.6 Å². The zero-order valence-electron chi connectivity index (χ0n) is 17.6. The van der Waals surface area contributed by atoms with Crippen molar-refractivity contribution in [3.63, 3.8) is 0 Å². The van der Waals surface area contributed by atoms with Crippen LogP contribution in [0.4, 0.5) is 10.8 Å². The predicted molar refractivity (Wildman–Crippen MR) is 127 cm³/mol. The average Bonchev–Trinajstić information content (AvgIpc) is 3.21. The lowest BCUT2D eigenvalue weighted by molar-refractivity contribution is -0.384. The Morgan fingerprint density at radius 2 is 1.97 bits per heavy atom. The van der Waals surface area contributed by atoms with E-state index in [0.29, 0.717) is 17.2 Å². The maximum Gasteiger partial charge on any atom is 0.269 e. The van der Waals surface area contributed by atoms with E-state index < -0.39 is 4.92 Å². The van der Waals surface area contributed by atoms with E-state index in [4.69, 9.17) is 4.98 Å². The van der Waals surface area contributed by atoms with Gasteiger partial charge in [-0.25, -0.2) is 4.98 Å². The molecule has 0 saturated carbocycles. The summed E-state index contributed by atoms with van der Waals surface area (Å²) in [7, 11) is 0. The molecule has 0 aliphatic rings. The molecule has 0 atom stereocenters. The number of carbonyl (C=O) groups excluding carboxylic acids is 1. The number of aromatic nitrogens is 2. The van der Waals surface area contributed by atoms with Crippen molar-refractivity contribution in [2.75, 3.05) is 4.90 Å². The van der Waals surface area contributed by atoms with E-state index in [1.165, 1.54) is 29.5 Å². The van der Waals surface area contributed by atoms with Gasteiger partial charge in [-0.1, -0.05) is 23.5 Å². The average molecular weight is 445 g/mol. The molecule has 0 unspecified atom stereocenters. The Morgan fingerprint density at radius 3 is 2.66 bits per heavy atom. The van der Waals surface area contributed by atoms with Gasteiger partial charge in [-0.2, -0.15) is 0 Å². The predicted octanol–water partition coefficient (Wildman–Crippen LogP) is 5.46. The number of hydrogen-bond acceptors (Lipinski definition) is 6. The van der Waals surface area contributed by atoms with Crippen LogP contribution in [0.3, 0.4) is 0 Å². The first kappa shape index (κ1) is 21.3. The van der Waals surface area contributed by atoms with Gasteiger partial charge in [0.15, 0.2) is 5.13 Å². The third-order valence-electron chi connectivity index (χ3n) is 4.89. The number of fused-ring (bicyclic) bond motifs is 1. The van der Waals surface area contributed by atoms with E-state index in [1.807, 2.05) is 32.0 Å². The van der Waals surface area contributed by atoms with Crippen LogP contribution in [0, 0.1) is 24.0 Å². The maximum atomic E-state index is 13.2. The van der Waals surface area contributed by atoms with Crippen LogP contribution < -0.4 is 4.90 Å². The van der Waals surface area contributed by atoms with Crippen molar-refractivity contribution in [3.05, 3.63) is 99.4 Å². The molecule has 0 spiro atoms. The van der Waals surface area contributed by atoms with Crippen molar-refractivity contribution < 1.29 is 9.72 Å². The first-order valence-electron chi connectivity index (χ1n) is 9.91. The van der Waals surface area contributed by atoms with Crippen LogP contribution in [0.15, 0.2) is 67.0 Å². The van der Waals surface area contributed by atoms with Crippen LogP contribution in [0.5, 0.6) is 0 Å². The second kappa shape index (κ2) is 9.07. The Kier molecular flexibility index (Phi) is 6.04. The van der Waals surface area contributed by atoms with Crippen LogP contribution >= 0.6 is 11.3 Å². The maximum absolute atomic E-state index is 13.2. The number of anilines is 1. The highest BCUT2D eigenvalue weighted by molar-refractivity contribution is 7.22. The van der Waals surface area contributed by atoms with Gasteiger partial charge in [0.1, 0.15) is 0 Å². The number of hydrogen-bond donors (Lipinski definition) is 0. The molecule has 4 aromatic rings. The standard InChI is InChI=1S/C24H20N4O3S/c1-16-12-17(2)23-21(13-16)26-24(32-23)27(15-19-4-3-11-25-14-19)22(29)10-7-18-5-8-20(9-6-18)28(30)31/h3-14H,15H2,1-2H3/b10-7-. The summed E-state index contributed by atoms with van der Waals surface area (Å²) in [6, 6.07) is 13.9. The zero-order valence-corrected chi connectivity index (χ0v) is 18.4. The Balaban J connectivity index is 1.66. The van der Waals surface area contributed by atoms with Gasteiger partial charge < -0.3 is 0 Å². The zero-order chi connectivity index (χ0) is 22.7. The second-order valence-corrected chi connectivity index (χ2v) is 8.37. The molecule has 32 heavy (non-hydrogen) atoms. The summed E-state index contributed by atoms with van der Waals surface area (Å²) in [6.45, 7) is 4.39. The first-order valence-corrected chi connectivity index (χ1v) is 10.7. The Morgan fingerprint density at radius 1 is 1.19 bits per heavy atom. The quantitative estimate of drug-likeness (QED) is 0.224.